The van der Waals surface area contributed by atoms with Gasteiger partial charge < -0.3 is 18.9 Å². The number of hydrogen-bond acceptors (Lipinski definition) is 5. The van der Waals surface area contributed by atoms with Crippen LogP contribution in [0.4, 0.5) is 0 Å². The molecule has 5 nitrogen and oxygen atoms in total. The second-order valence-electron chi connectivity index (χ2n) is 2.28. The summed E-state index contributed by atoms with van der Waals surface area (Å²) >= 11 is 0. The average Bonchev–Trinajstić information content (AvgIpc) is 2.55. The van der Waals surface area contributed by atoms with Crippen LogP contribution in [0.3, 0.4) is 0 Å². The van der Waals surface area contributed by atoms with E-state index < -0.39 is 12.6 Å². The number of carbonyl (C=O) groups excluding carboxylic acids is 1. The van der Waals surface area contributed by atoms with Crippen molar-refractivity contribution < 1.29 is 23.7 Å². The number of hydrogen-bond donors (Lipinski definition) is 0. The highest BCUT2D eigenvalue weighted by molar-refractivity contribution is 5.72. The Bertz CT molecular complexity index is 162. The van der Waals surface area contributed by atoms with Crippen LogP contribution in [-0.2, 0) is 23.7 Å². The predicted octanol–water partition coefficient (Wildman–Crippen LogP) is -0.741. The minimum atomic E-state index is -0.662. The maximum absolute atomic E-state index is 10.6. The summed E-state index contributed by atoms with van der Waals surface area (Å²) in [5.41, 5.74) is 0. The molecule has 2 aliphatic heterocycles. The average molecular weight is 160 g/mol. The van der Waals surface area contributed by atoms with Crippen molar-refractivity contribution >= 4 is 5.97 Å². The molecule has 1 atom stereocenters. The third-order valence-corrected chi connectivity index (χ3v) is 1.48. The summed E-state index contributed by atoms with van der Waals surface area (Å²) in [6.07, 6.45) is -1.19. The Morgan fingerprint density at radius 1 is 1.09 bits per heavy atom. The zero-order chi connectivity index (χ0) is 7.68. The van der Waals surface area contributed by atoms with Crippen LogP contribution in [0.25, 0.3) is 0 Å². The summed E-state index contributed by atoms with van der Waals surface area (Å²) in [6.45, 7) is 1.05. The van der Waals surface area contributed by atoms with Gasteiger partial charge in [0.2, 0.25) is 6.29 Å². The number of carbonyl (C=O) groups is 1. The van der Waals surface area contributed by atoms with Crippen LogP contribution in [0, 0.1) is 0 Å². The Balaban J connectivity index is 1.90. The maximum atomic E-state index is 10.6. The molecule has 0 bridgehead atoms. The molecule has 1 unspecified atom stereocenters. The molecule has 0 aromatic rings. The molecular weight excluding hydrogens is 152 g/mol. The molecule has 5 heteroatoms. The monoisotopic (exact) mass is 160 g/mol. The lowest BCUT2D eigenvalue weighted by Gasteiger charge is -2.13. The minimum absolute atomic E-state index is 0.00606. The minimum Gasteiger partial charge on any atom is -0.428 e. The van der Waals surface area contributed by atoms with Gasteiger partial charge in [-0.15, -0.1) is 0 Å². The topological polar surface area (TPSA) is 54.0 Å². The van der Waals surface area contributed by atoms with Crippen molar-refractivity contribution in [2.75, 3.05) is 19.8 Å². The highest BCUT2D eigenvalue weighted by Crippen LogP contribution is 2.16. The molecule has 2 heterocycles. The summed E-state index contributed by atoms with van der Waals surface area (Å²) in [5, 5.41) is 0. The molecule has 0 amide bonds. The fraction of sp³-hybridized carbons (Fsp3) is 0.833. The van der Waals surface area contributed by atoms with Gasteiger partial charge >= 0.3 is 5.97 Å². The lowest BCUT2D eigenvalue weighted by molar-refractivity contribution is -0.204. The second-order valence-corrected chi connectivity index (χ2v) is 2.28. The van der Waals surface area contributed by atoms with Gasteiger partial charge in [0.1, 0.15) is 6.61 Å². The third-order valence-electron chi connectivity index (χ3n) is 1.48. The first-order chi connectivity index (χ1) is 5.36. The third kappa shape index (κ3) is 1.35. The van der Waals surface area contributed by atoms with E-state index in [0.29, 0.717) is 13.2 Å². The van der Waals surface area contributed by atoms with Crippen LogP contribution < -0.4 is 0 Å². The van der Waals surface area contributed by atoms with Crippen LogP contribution in [0.1, 0.15) is 0 Å². The Morgan fingerprint density at radius 2 is 1.82 bits per heavy atom. The first kappa shape index (κ1) is 7.02. The van der Waals surface area contributed by atoms with Crippen LogP contribution in [0.15, 0.2) is 0 Å². The molecule has 62 valence electrons. The van der Waals surface area contributed by atoms with E-state index in [-0.39, 0.29) is 12.6 Å². The Hall–Kier alpha value is -0.650. The number of esters is 1. The van der Waals surface area contributed by atoms with Gasteiger partial charge in [-0.3, -0.25) is 0 Å². The van der Waals surface area contributed by atoms with Gasteiger partial charge in [-0.25, -0.2) is 4.79 Å². The van der Waals surface area contributed by atoms with Gasteiger partial charge in [0.05, 0.1) is 13.2 Å². The van der Waals surface area contributed by atoms with Crippen molar-refractivity contribution in [1.82, 2.24) is 0 Å². The summed E-state index contributed by atoms with van der Waals surface area (Å²) < 4.78 is 19.8. The Labute approximate surface area is 63.2 Å². The fourth-order valence-corrected chi connectivity index (χ4v) is 1.02. The molecule has 2 aliphatic rings. The SMILES string of the molecule is O=C1COC(C2OCCO2)O1. The standard InChI is InChI=1S/C6H8O5/c7-4-3-10-6(11-4)5-8-1-2-9-5/h5-6H,1-3H2. The maximum Gasteiger partial charge on any atom is 0.334 e. The van der Waals surface area contributed by atoms with Crippen LogP contribution in [0.5, 0.6) is 0 Å². The van der Waals surface area contributed by atoms with Crippen molar-refractivity contribution in [2.45, 2.75) is 12.6 Å². The van der Waals surface area contributed by atoms with Crippen molar-refractivity contribution in [1.29, 1.82) is 0 Å². The van der Waals surface area contributed by atoms with Gasteiger partial charge in [0.15, 0.2) is 0 Å². The molecule has 0 aromatic heterocycles. The van der Waals surface area contributed by atoms with Gasteiger partial charge in [0, 0.05) is 0 Å². The fourth-order valence-electron chi connectivity index (χ4n) is 1.02. The Kier molecular flexibility index (Phi) is 1.77. The first-order valence-corrected chi connectivity index (χ1v) is 3.40. The molecule has 0 spiro atoms. The van der Waals surface area contributed by atoms with E-state index in [2.05, 4.69) is 0 Å². The molecule has 0 radical (unpaired) electrons. The molecule has 0 aliphatic carbocycles. The molecule has 2 saturated heterocycles. The quantitative estimate of drug-likeness (QED) is 0.473. The molecule has 0 aromatic carbocycles. The van der Waals surface area contributed by atoms with Crippen molar-refractivity contribution in [3.8, 4) is 0 Å². The molecule has 2 fully saturated rings. The molecule has 0 N–H and O–H groups in total. The van der Waals surface area contributed by atoms with Gasteiger partial charge in [0.25, 0.3) is 6.29 Å². The molecular formula is C6H8O5. The van der Waals surface area contributed by atoms with Gasteiger partial charge in [-0.1, -0.05) is 0 Å². The normalized spacial score (nSPS) is 32.7. The van der Waals surface area contributed by atoms with E-state index in [0.717, 1.165) is 0 Å². The number of cyclic esters (lactones) is 1. The molecule has 2 rings (SSSR count). The summed E-state index contributed by atoms with van der Waals surface area (Å²) in [5.74, 6) is -0.367. The highest BCUT2D eigenvalue weighted by Gasteiger charge is 2.35. The first-order valence-electron chi connectivity index (χ1n) is 3.40. The zero-order valence-corrected chi connectivity index (χ0v) is 5.82. The van der Waals surface area contributed by atoms with Crippen molar-refractivity contribution in [3.63, 3.8) is 0 Å². The molecule has 0 saturated carbocycles. The zero-order valence-electron chi connectivity index (χ0n) is 5.82. The van der Waals surface area contributed by atoms with E-state index in [1.807, 2.05) is 0 Å². The number of rotatable bonds is 1. The lowest BCUT2D eigenvalue weighted by Crippen LogP contribution is -2.27. The smallest absolute Gasteiger partial charge is 0.334 e. The van der Waals surface area contributed by atoms with E-state index in [1.165, 1.54) is 0 Å². The second kappa shape index (κ2) is 2.77. The summed E-state index contributed by atoms with van der Waals surface area (Å²) in [7, 11) is 0. The summed E-state index contributed by atoms with van der Waals surface area (Å²) in [6, 6.07) is 0. The van der Waals surface area contributed by atoms with Gasteiger partial charge in [-0.05, 0) is 0 Å². The lowest BCUT2D eigenvalue weighted by atomic mass is 10.6. The van der Waals surface area contributed by atoms with Crippen LogP contribution in [0.2, 0.25) is 0 Å². The van der Waals surface area contributed by atoms with Crippen molar-refractivity contribution in [3.05, 3.63) is 0 Å². The van der Waals surface area contributed by atoms with Crippen LogP contribution in [-0.4, -0.2) is 38.4 Å². The Morgan fingerprint density at radius 3 is 2.36 bits per heavy atom. The largest absolute Gasteiger partial charge is 0.428 e. The number of ether oxygens (including phenoxy) is 4. The predicted molar refractivity (Wildman–Crippen MR) is 31.5 cm³/mol. The van der Waals surface area contributed by atoms with E-state index in [1.54, 1.807) is 0 Å². The summed E-state index contributed by atoms with van der Waals surface area (Å²) in [4.78, 5) is 10.6. The van der Waals surface area contributed by atoms with Gasteiger partial charge in [-0.2, -0.15) is 0 Å². The molecule has 11 heavy (non-hydrogen) atoms. The van der Waals surface area contributed by atoms with Crippen molar-refractivity contribution in [2.24, 2.45) is 0 Å². The van der Waals surface area contributed by atoms with E-state index in [9.17, 15) is 4.79 Å². The highest BCUT2D eigenvalue weighted by atomic mass is 16.8. The van der Waals surface area contributed by atoms with Crippen LogP contribution >= 0.6 is 0 Å². The van der Waals surface area contributed by atoms with E-state index in [4.69, 9.17) is 18.9 Å². The van der Waals surface area contributed by atoms with E-state index >= 15 is 0 Å².